The lowest BCUT2D eigenvalue weighted by molar-refractivity contribution is 1.06. The molecule has 0 saturated heterocycles. The predicted octanol–water partition coefficient (Wildman–Crippen LogP) is 16.0. The third-order valence-electron chi connectivity index (χ3n) is 13.1. The summed E-state index contributed by atoms with van der Waals surface area (Å²) in [5.74, 6) is 1.10. The molecule has 0 aliphatic heterocycles. The molecule has 0 saturated carbocycles. The summed E-state index contributed by atoms with van der Waals surface area (Å²) < 4.78 is 4.76. The van der Waals surface area contributed by atoms with Gasteiger partial charge < -0.3 is 9.13 Å². The Morgan fingerprint density at radius 2 is 0.841 bits per heavy atom. The molecule has 0 unspecified atom stereocenters. The summed E-state index contributed by atoms with van der Waals surface area (Å²) in [6, 6.07) is 87.9. The summed E-state index contributed by atoms with van der Waals surface area (Å²) in [6.45, 7) is 4.50. The molecule has 0 bridgehead atoms. The zero-order valence-electron chi connectivity index (χ0n) is 37.8. The molecule has 10 aromatic carbocycles. The third kappa shape index (κ3) is 7.62. The Hall–Kier alpha value is -9.19. The molecule has 0 N–H and O–H groups in total. The monoisotopic (exact) mass is 883 g/mol. The number of para-hydroxylation sites is 3. The Balaban J connectivity index is 0.927. The molecule has 0 spiro atoms. The van der Waals surface area contributed by atoms with Crippen molar-refractivity contribution in [2.24, 2.45) is 15.0 Å². The Bertz CT molecular complexity index is 3900. The molecule has 0 aliphatic rings. The number of fused-ring (bicyclic) bond motifs is 6. The Morgan fingerprint density at radius 3 is 1.46 bits per heavy atom. The lowest BCUT2D eigenvalue weighted by atomic mass is 9.97. The lowest BCUT2D eigenvalue weighted by Gasteiger charge is -2.12. The van der Waals surface area contributed by atoms with Gasteiger partial charge in [0.15, 0.2) is 11.7 Å². The fraction of sp³-hybridized carbons (Fsp3) is 0.0156. The second-order valence-corrected chi connectivity index (χ2v) is 17.2. The number of benzene rings is 10. The van der Waals surface area contributed by atoms with E-state index < -0.39 is 0 Å². The van der Waals surface area contributed by atoms with Crippen molar-refractivity contribution in [2.45, 2.75) is 6.54 Å². The highest BCUT2D eigenvalue weighted by Crippen LogP contribution is 2.41. The number of hydrogen-bond donors (Lipinski definition) is 0. The first-order valence-electron chi connectivity index (χ1n) is 23.3. The quantitative estimate of drug-likeness (QED) is 0.102. The van der Waals surface area contributed by atoms with Crippen LogP contribution in [0.25, 0.3) is 88.4 Å². The van der Waals surface area contributed by atoms with E-state index in [-0.39, 0.29) is 0 Å². The fourth-order valence-electron chi connectivity index (χ4n) is 9.94. The van der Waals surface area contributed by atoms with Gasteiger partial charge in [0.2, 0.25) is 0 Å². The number of aliphatic imine (C=N–C) groups is 3. The molecule has 12 rings (SSSR count). The molecular formula is C64H45N5. The van der Waals surface area contributed by atoms with E-state index in [2.05, 4.69) is 245 Å². The summed E-state index contributed by atoms with van der Waals surface area (Å²) in [7, 11) is 0. The van der Waals surface area contributed by atoms with Crippen LogP contribution in [0.1, 0.15) is 16.7 Å². The van der Waals surface area contributed by atoms with Crippen molar-refractivity contribution in [1.82, 2.24) is 9.13 Å². The van der Waals surface area contributed by atoms with E-state index in [1.54, 1.807) is 0 Å². The highest BCUT2D eigenvalue weighted by molar-refractivity contribution is 6.18. The van der Waals surface area contributed by atoms with Crippen LogP contribution in [0.15, 0.2) is 264 Å². The number of hydrogen-bond acceptors (Lipinski definition) is 1. The molecule has 326 valence electrons. The van der Waals surface area contributed by atoms with E-state index in [0.717, 1.165) is 61.4 Å². The van der Waals surface area contributed by atoms with Crippen LogP contribution in [0.2, 0.25) is 0 Å². The van der Waals surface area contributed by atoms with Gasteiger partial charge in [-0.1, -0.05) is 194 Å². The van der Waals surface area contributed by atoms with Crippen LogP contribution in [0.5, 0.6) is 0 Å². The molecule has 0 amide bonds. The van der Waals surface area contributed by atoms with Crippen LogP contribution in [-0.4, -0.2) is 27.5 Å². The molecule has 0 fully saturated rings. The van der Waals surface area contributed by atoms with Crippen molar-refractivity contribution in [3.63, 3.8) is 0 Å². The van der Waals surface area contributed by atoms with Crippen LogP contribution in [-0.2, 0) is 6.54 Å². The van der Waals surface area contributed by atoms with Crippen molar-refractivity contribution >= 4 is 62.0 Å². The van der Waals surface area contributed by atoms with Crippen molar-refractivity contribution < 1.29 is 0 Å². The van der Waals surface area contributed by atoms with E-state index in [1.165, 1.54) is 43.7 Å². The molecule has 12 aromatic rings. The molecule has 5 nitrogen and oxygen atoms in total. The van der Waals surface area contributed by atoms with E-state index in [9.17, 15) is 0 Å². The fourth-order valence-corrected chi connectivity index (χ4v) is 9.94. The van der Waals surface area contributed by atoms with Crippen LogP contribution in [0, 0.1) is 0 Å². The van der Waals surface area contributed by atoms with Crippen LogP contribution in [0.3, 0.4) is 0 Å². The van der Waals surface area contributed by atoms with E-state index in [4.69, 9.17) is 9.98 Å². The van der Waals surface area contributed by atoms with Crippen LogP contribution < -0.4 is 0 Å². The second kappa shape index (κ2) is 17.9. The maximum atomic E-state index is 5.15. The number of nitrogens with zero attached hydrogens (tertiary/aromatic N) is 5. The number of aromatic nitrogens is 2. The normalized spacial score (nSPS) is 12.1. The largest absolute Gasteiger partial charge is 0.309 e. The van der Waals surface area contributed by atoms with E-state index in [1.807, 2.05) is 24.3 Å². The third-order valence-corrected chi connectivity index (χ3v) is 13.1. The molecule has 0 radical (unpaired) electrons. The van der Waals surface area contributed by atoms with Gasteiger partial charge in [-0.15, -0.1) is 0 Å². The summed E-state index contributed by atoms with van der Waals surface area (Å²) in [6.07, 6.45) is 0. The zero-order chi connectivity index (χ0) is 46.1. The second-order valence-electron chi connectivity index (χ2n) is 17.2. The van der Waals surface area contributed by atoms with Crippen molar-refractivity contribution in [1.29, 1.82) is 0 Å². The van der Waals surface area contributed by atoms with Crippen molar-refractivity contribution in [3.05, 3.63) is 265 Å². The maximum Gasteiger partial charge on any atom is 0.161 e. The Kier molecular flexibility index (Phi) is 10.7. The maximum absolute atomic E-state index is 5.15. The Morgan fingerprint density at radius 1 is 0.362 bits per heavy atom. The molecule has 5 heteroatoms. The standard InChI is InChI=1S/C64H45N5/c1-65-63(67-64(66-43-44-18-5-2-6-19-44)48-36-34-46(35-37-48)45-20-7-3-8-21-45)50-23-15-22-49(42-50)54-29-17-33-60-62(54)56-27-12-14-31-58(56)69(60)52-40-38-47(39-41-52)53-28-16-32-59-61(53)55-26-11-13-30-57(55)68(59)51-24-9-4-10-25-51/h2-42H,1,43H2/b66-64-,67-63-. The summed E-state index contributed by atoms with van der Waals surface area (Å²) in [5, 5.41) is 4.85. The van der Waals surface area contributed by atoms with Gasteiger partial charge in [-0.25, -0.2) is 9.98 Å². The van der Waals surface area contributed by atoms with Gasteiger partial charge in [0, 0.05) is 44.0 Å². The first-order valence-corrected chi connectivity index (χ1v) is 23.3. The smallest absolute Gasteiger partial charge is 0.161 e. The first kappa shape index (κ1) is 41.3. The van der Waals surface area contributed by atoms with E-state index in [0.29, 0.717) is 18.2 Å². The van der Waals surface area contributed by atoms with Gasteiger partial charge in [-0.2, -0.15) is 0 Å². The SMILES string of the molecule is C=N/C(=N\C(=N/Cc1ccccc1)c1ccc(-c2ccccc2)cc1)c1cccc(-c2cccc3c2c2ccccc2n3-c2ccc(-c3cccc4c3c3ccccc3n4-c3ccccc3)cc2)c1. The number of amidine groups is 2. The van der Waals surface area contributed by atoms with Crippen LogP contribution >= 0.6 is 0 Å². The van der Waals surface area contributed by atoms with Gasteiger partial charge in [0.05, 0.1) is 28.6 Å². The minimum Gasteiger partial charge on any atom is -0.309 e. The lowest BCUT2D eigenvalue weighted by Crippen LogP contribution is -2.06. The molecule has 2 aromatic heterocycles. The average Bonchev–Trinajstić information content (AvgIpc) is 3.95. The van der Waals surface area contributed by atoms with Gasteiger partial charge in [-0.3, -0.25) is 4.99 Å². The summed E-state index contributed by atoms with van der Waals surface area (Å²) >= 11 is 0. The van der Waals surface area contributed by atoms with Crippen molar-refractivity contribution in [3.8, 4) is 44.8 Å². The Labute approximate surface area is 401 Å². The van der Waals surface area contributed by atoms with E-state index >= 15 is 0 Å². The van der Waals surface area contributed by atoms with Gasteiger partial charge >= 0.3 is 0 Å². The molecule has 0 atom stereocenters. The topological polar surface area (TPSA) is 46.9 Å². The number of rotatable bonds is 9. The van der Waals surface area contributed by atoms with Crippen molar-refractivity contribution in [2.75, 3.05) is 0 Å². The van der Waals surface area contributed by atoms with Gasteiger partial charge in [0.1, 0.15) is 0 Å². The van der Waals surface area contributed by atoms with Gasteiger partial charge in [-0.05, 0) is 100 Å². The highest BCUT2D eigenvalue weighted by atomic mass is 15.0. The first-order chi connectivity index (χ1) is 34.2. The minimum atomic E-state index is 0.482. The highest BCUT2D eigenvalue weighted by Gasteiger charge is 2.19. The molecule has 2 heterocycles. The summed E-state index contributed by atoms with van der Waals surface area (Å²) in [4.78, 5) is 14.7. The molecule has 0 aliphatic carbocycles. The minimum absolute atomic E-state index is 0.482. The van der Waals surface area contributed by atoms with Crippen LogP contribution in [0.4, 0.5) is 0 Å². The average molecular weight is 884 g/mol. The zero-order valence-corrected chi connectivity index (χ0v) is 37.8. The molecular weight excluding hydrogens is 839 g/mol. The molecule has 69 heavy (non-hydrogen) atoms. The predicted molar refractivity (Wildman–Crippen MR) is 291 cm³/mol. The summed E-state index contributed by atoms with van der Waals surface area (Å²) in [5.41, 5.74) is 16.6. The van der Waals surface area contributed by atoms with Gasteiger partial charge in [0.25, 0.3) is 0 Å².